The summed E-state index contributed by atoms with van der Waals surface area (Å²) in [6, 6.07) is 9.39. The molecule has 0 saturated carbocycles. The Bertz CT molecular complexity index is 446. The van der Waals surface area contributed by atoms with E-state index in [0.717, 1.165) is 18.7 Å². The van der Waals surface area contributed by atoms with Crippen LogP contribution in [-0.4, -0.2) is 38.9 Å². The molecule has 0 radical (unpaired) electrons. The van der Waals surface area contributed by atoms with Crippen molar-refractivity contribution in [2.45, 2.75) is 11.8 Å². The first-order valence-corrected chi connectivity index (χ1v) is 6.91. The molecule has 4 nitrogen and oxygen atoms in total. The standard InChI is InChI=1S/C11H16N2O2S.ClH/c1-13(11-7-12-8-11)16(14,15)9-10-5-3-2-4-6-10;/h2-6,11-12H,7-9H2,1H3;1H. The SMILES string of the molecule is CN(C1CNC1)S(=O)(=O)Cc1ccccc1.Cl. The smallest absolute Gasteiger partial charge is 0.218 e. The van der Waals surface area contributed by atoms with Crippen LogP contribution in [0.2, 0.25) is 0 Å². The maximum Gasteiger partial charge on any atom is 0.218 e. The van der Waals surface area contributed by atoms with Gasteiger partial charge in [0.1, 0.15) is 0 Å². The van der Waals surface area contributed by atoms with Crippen molar-refractivity contribution in [2.24, 2.45) is 0 Å². The van der Waals surface area contributed by atoms with Gasteiger partial charge in [0.2, 0.25) is 10.0 Å². The van der Waals surface area contributed by atoms with Gasteiger partial charge in [0.15, 0.2) is 0 Å². The van der Waals surface area contributed by atoms with Crippen molar-refractivity contribution < 1.29 is 8.42 Å². The number of hydrogen-bond donors (Lipinski definition) is 1. The summed E-state index contributed by atoms with van der Waals surface area (Å²) in [4.78, 5) is 0. The summed E-state index contributed by atoms with van der Waals surface area (Å²) in [5.74, 6) is 0.0842. The topological polar surface area (TPSA) is 49.4 Å². The molecule has 6 heteroatoms. The quantitative estimate of drug-likeness (QED) is 0.887. The van der Waals surface area contributed by atoms with Gasteiger partial charge in [-0.2, -0.15) is 4.31 Å². The predicted molar refractivity (Wildman–Crippen MR) is 70.7 cm³/mol. The Hall–Kier alpha value is -0.620. The third-order valence-corrected chi connectivity index (χ3v) is 4.78. The van der Waals surface area contributed by atoms with E-state index in [-0.39, 0.29) is 24.2 Å². The molecule has 1 aromatic rings. The number of benzene rings is 1. The Balaban J connectivity index is 0.00000144. The number of sulfonamides is 1. The molecule has 0 aromatic heterocycles. The van der Waals surface area contributed by atoms with Crippen LogP contribution in [0.15, 0.2) is 30.3 Å². The molecule has 1 N–H and O–H groups in total. The molecular weight excluding hydrogens is 260 g/mol. The van der Waals surface area contributed by atoms with E-state index in [2.05, 4.69) is 5.32 Å². The average Bonchev–Trinajstić information content (AvgIpc) is 2.15. The van der Waals surface area contributed by atoms with E-state index in [1.165, 1.54) is 4.31 Å². The second-order valence-electron chi connectivity index (χ2n) is 4.07. The normalized spacial score (nSPS) is 16.4. The molecule has 2 rings (SSSR count). The van der Waals surface area contributed by atoms with Gasteiger partial charge < -0.3 is 5.32 Å². The van der Waals surface area contributed by atoms with Crippen LogP contribution < -0.4 is 5.32 Å². The minimum absolute atomic E-state index is 0. The van der Waals surface area contributed by atoms with Gasteiger partial charge in [0.25, 0.3) is 0 Å². The van der Waals surface area contributed by atoms with E-state index in [0.29, 0.717) is 0 Å². The van der Waals surface area contributed by atoms with Crippen LogP contribution in [0.5, 0.6) is 0 Å². The second-order valence-corrected chi connectivity index (χ2v) is 6.10. The molecule has 0 atom stereocenters. The molecule has 1 aromatic carbocycles. The van der Waals surface area contributed by atoms with Crippen LogP contribution in [0.4, 0.5) is 0 Å². The van der Waals surface area contributed by atoms with Gasteiger partial charge in [-0.15, -0.1) is 12.4 Å². The summed E-state index contributed by atoms with van der Waals surface area (Å²) in [5.41, 5.74) is 0.835. The summed E-state index contributed by atoms with van der Waals surface area (Å²) in [6.45, 7) is 1.51. The molecule has 1 aliphatic rings. The molecule has 0 amide bonds. The van der Waals surface area contributed by atoms with Crippen LogP contribution >= 0.6 is 12.4 Å². The number of nitrogens with one attached hydrogen (secondary N) is 1. The fraction of sp³-hybridized carbons (Fsp3) is 0.455. The lowest BCUT2D eigenvalue weighted by atomic mass is 10.2. The number of halogens is 1. The van der Waals surface area contributed by atoms with Crippen molar-refractivity contribution in [1.82, 2.24) is 9.62 Å². The first-order chi connectivity index (χ1) is 7.59. The Labute approximate surface area is 108 Å². The Morgan fingerprint density at radius 3 is 2.35 bits per heavy atom. The van der Waals surface area contributed by atoms with Crippen LogP contribution in [-0.2, 0) is 15.8 Å². The second kappa shape index (κ2) is 5.82. The minimum Gasteiger partial charge on any atom is -0.313 e. The van der Waals surface area contributed by atoms with Gasteiger partial charge in [-0.1, -0.05) is 30.3 Å². The van der Waals surface area contributed by atoms with Crippen molar-refractivity contribution in [2.75, 3.05) is 20.1 Å². The van der Waals surface area contributed by atoms with E-state index in [1.54, 1.807) is 7.05 Å². The summed E-state index contributed by atoms with van der Waals surface area (Å²) in [5, 5.41) is 3.07. The van der Waals surface area contributed by atoms with Crippen LogP contribution in [0.3, 0.4) is 0 Å². The van der Waals surface area contributed by atoms with Crippen LogP contribution in [0.1, 0.15) is 5.56 Å². The third kappa shape index (κ3) is 3.42. The number of nitrogens with zero attached hydrogens (tertiary/aromatic N) is 1. The first kappa shape index (κ1) is 14.4. The number of rotatable bonds is 4. The fourth-order valence-corrected chi connectivity index (χ4v) is 3.06. The molecule has 1 saturated heterocycles. The number of likely N-dealkylation sites (N-methyl/N-ethyl adjacent to an activating group) is 1. The van der Waals surface area contributed by atoms with Crippen molar-refractivity contribution in [3.05, 3.63) is 35.9 Å². The van der Waals surface area contributed by atoms with Crippen molar-refractivity contribution in [3.8, 4) is 0 Å². The zero-order valence-electron chi connectivity index (χ0n) is 9.67. The summed E-state index contributed by atoms with van der Waals surface area (Å²) < 4.78 is 25.5. The average molecular weight is 277 g/mol. The molecule has 1 heterocycles. The summed E-state index contributed by atoms with van der Waals surface area (Å²) >= 11 is 0. The van der Waals surface area contributed by atoms with Crippen LogP contribution in [0.25, 0.3) is 0 Å². The molecular formula is C11H17ClN2O2S. The van der Waals surface area contributed by atoms with E-state index in [1.807, 2.05) is 30.3 Å². The molecule has 0 aliphatic carbocycles. The zero-order chi connectivity index (χ0) is 11.6. The van der Waals surface area contributed by atoms with E-state index in [9.17, 15) is 8.42 Å². The highest BCUT2D eigenvalue weighted by atomic mass is 35.5. The van der Waals surface area contributed by atoms with Crippen molar-refractivity contribution in [3.63, 3.8) is 0 Å². The van der Waals surface area contributed by atoms with Gasteiger partial charge in [-0.25, -0.2) is 8.42 Å². The van der Waals surface area contributed by atoms with Gasteiger partial charge >= 0.3 is 0 Å². The van der Waals surface area contributed by atoms with E-state index >= 15 is 0 Å². The third-order valence-electron chi connectivity index (χ3n) is 2.90. The van der Waals surface area contributed by atoms with E-state index < -0.39 is 10.0 Å². The lowest BCUT2D eigenvalue weighted by Gasteiger charge is -2.34. The number of hydrogen-bond acceptors (Lipinski definition) is 3. The van der Waals surface area contributed by atoms with Crippen LogP contribution in [0, 0.1) is 0 Å². The van der Waals surface area contributed by atoms with Gasteiger partial charge in [0.05, 0.1) is 5.75 Å². The Morgan fingerprint density at radius 1 is 1.29 bits per heavy atom. The maximum absolute atomic E-state index is 12.0. The zero-order valence-corrected chi connectivity index (χ0v) is 11.3. The van der Waals surface area contributed by atoms with Gasteiger partial charge in [-0.05, 0) is 5.56 Å². The molecule has 1 fully saturated rings. The van der Waals surface area contributed by atoms with Gasteiger partial charge in [0, 0.05) is 26.2 Å². The molecule has 0 unspecified atom stereocenters. The van der Waals surface area contributed by atoms with E-state index in [4.69, 9.17) is 0 Å². The van der Waals surface area contributed by atoms with Crippen molar-refractivity contribution >= 4 is 22.4 Å². The largest absolute Gasteiger partial charge is 0.313 e. The van der Waals surface area contributed by atoms with Crippen molar-refractivity contribution in [1.29, 1.82) is 0 Å². The highest BCUT2D eigenvalue weighted by molar-refractivity contribution is 7.88. The monoisotopic (exact) mass is 276 g/mol. The Morgan fingerprint density at radius 2 is 1.88 bits per heavy atom. The van der Waals surface area contributed by atoms with Gasteiger partial charge in [-0.3, -0.25) is 0 Å². The molecule has 0 spiro atoms. The first-order valence-electron chi connectivity index (χ1n) is 5.30. The molecule has 17 heavy (non-hydrogen) atoms. The predicted octanol–water partition coefficient (Wildman–Crippen LogP) is 0.842. The molecule has 1 aliphatic heterocycles. The lowest BCUT2D eigenvalue weighted by Crippen LogP contribution is -2.57. The molecule has 0 bridgehead atoms. The Kier molecular flexibility index (Phi) is 4.94. The highest BCUT2D eigenvalue weighted by Gasteiger charge is 2.30. The highest BCUT2D eigenvalue weighted by Crippen LogP contribution is 2.13. The summed E-state index contributed by atoms with van der Waals surface area (Å²) in [7, 11) is -1.52. The minimum atomic E-state index is -3.18. The maximum atomic E-state index is 12.0. The fourth-order valence-electron chi connectivity index (χ4n) is 1.64. The lowest BCUT2D eigenvalue weighted by molar-refractivity contribution is 0.274. The summed E-state index contributed by atoms with van der Waals surface area (Å²) in [6.07, 6.45) is 0. The molecule has 96 valence electrons.